The van der Waals surface area contributed by atoms with Gasteiger partial charge >= 0.3 is 0 Å². The van der Waals surface area contributed by atoms with Crippen molar-refractivity contribution in [3.05, 3.63) is 96.4 Å². The van der Waals surface area contributed by atoms with Gasteiger partial charge in [0.1, 0.15) is 11.6 Å². The van der Waals surface area contributed by atoms with Crippen LogP contribution in [0.3, 0.4) is 0 Å². The summed E-state index contributed by atoms with van der Waals surface area (Å²) < 4.78 is 13.4. The molecule has 0 amide bonds. The number of halogens is 1. The maximum Gasteiger partial charge on any atom is 0.170 e. The Labute approximate surface area is 204 Å². The summed E-state index contributed by atoms with van der Waals surface area (Å²) in [5.74, 6) is 0.564. The summed E-state index contributed by atoms with van der Waals surface area (Å²) in [7, 11) is 0. The fourth-order valence-corrected chi connectivity index (χ4v) is 4.99. The second-order valence-electron chi connectivity index (χ2n) is 8.92. The number of anilines is 3. The second-order valence-corrected chi connectivity index (χ2v) is 9.33. The number of hydrogen-bond acceptors (Lipinski definition) is 3. The summed E-state index contributed by atoms with van der Waals surface area (Å²) in [6.07, 6.45) is 6.27. The highest BCUT2D eigenvalue weighted by molar-refractivity contribution is 7.80. The van der Waals surface area contributed by atoms with Crippen molar-refractivity contribution in [3.8, 4) is 0 Å². The molecule has 1 saturated carbocycles. The zero-order chi connectivity index (χ0) is 23.4. The summed E-state index contributed by atoms with van der Waals surface area (Å²) >= 11 is 5.55. The minimum atomic E-state index is -0.201. The Morgan fingerprint density at radius 2 is 1.62 bits per heavy atom. The van der Waals surface area contributed by atoms with E-state index in [0.717, 1.165) is 36.6 Å². The van der Waals surface area contributed by atoms with Crippen LogP contribution in [0.5, 0.6) is 0 Å². The maximum atomic E-state index is 13.4. The van der Waals surface area contributed by atoms with Crippen molar-refractivity contribution in [2.75, 3.05) is 17.2 Å². The van der Waals surface area contributed by atoms with Crippen LogP contribution in [0.2, 0.25) is 0 Å². The minimum Gasteiger partial charge on any atom is -0.362 e. The average molecular weight is 471 g/mol. The summed E-state index contributed by atoms with van der Waals surface area (Å²) in [4.78, 5) is 4.52. The van der Waals surface area contributed by atoms with Gasteiger partial charge in [-0.1, -0.05) is 55.3 Å². The van der Waals surface area contributed by atoms with E-state index in [9.17, 15) is 4.39 Å². The van der Waals surface area contributed by atoms with Gasteiger partial charge in [0.15, 0.2) is 5.11 Å². The average Bonchev–Trinajstić information content (AvgIpc) is 3.35. The predicted octanol–water partition coefficient (Wildman–Crippen LogP) is 6.92. The van der Waals surface area contributed by atoms with E-state index in [1.165, 1.54) is 29.2 Å². The molecule has 0 unspecified atom stereocenters. The van der Waals surface area contributed by atoms with Gasteiger partial charge in [0, 0.05) is 17.6 Å². The summed E-state index contributed by atoms with van der Waals surface area (Å²) in [6.45, 7) is 0.722. The van der Waals surface area contributed by atoms with Crippen LogP contribution in [0, 0.1) is 5.82 Å². The topological polar surface area (TPSA) is 49.0 Å². The Balaban J connectivity index is 1.19. The van der Waals surface area contributed by atoms with E-state index in [4.69, 9.17) is 12.2 Å². The number of aromatic nitrogens is 1. The summed E-state index contributed by atoms with van der Waals surface area (Å²) in [5, 5.41) is 12.9. The lowest BCUT2D eigenvalue weighted by Gasteiger charge is -2.30. The Bertz CT molecular complexity index is 1280. The van der Waals surface area contributed by atoms with Crippen LogP contribution in [-0.4, -0.2) is 16.6 Å². The third kappa shape index (κ3) is 5.02. The van der Waals surface area contributed by atoms with Crippen molar-refractivity contribution in [2.24, 2.45) is 0 Å². The van der Waals surface area contributed by atoms with Gasteiger partial charge in [-0.15, -0.1) is 0 Å². The zero-order valence-corrected chi connectivity index (χ0v) is 19.7. The molecule has 4 aromatic rings. The fourth-order valence-electron chi connectivity index (χ4n) is 4.80. The summed E-state index contributed by atoms with van der Waals surface area (Å²) in [5.41, 5.74) is 2.98. The van der Waals surface area contributed by atoms with Crippen molar-refractivity contribution in [2.45, 2.75) is 31.1 Å². The van der Waals surface area contributed by atoms with Crippen LogP contribution in [-0.2, 0) is 5.41 Å². The van der Waals surface area contributed by atoms with E-state index in [1.807, 2.05) is 36.4 Å². The molecule has 1 fully saturated rings. The Kier molecular flexibility index (Phi) is 6.41. The molecule has 1 aliphatic carbocycles. The summed E-state index contributed by atoms with van der Waals surface area (Å²) in [6, 6.07) is 25.3. The van der Waals surface area contributed by atoms with Crippen molar-refractivity contribution in [1.29, 1.82) is 0 Å². The van der Waals surface area contributed by atoms with E-state index >= 15 is 0 Å². The Morgan fingerprint density at radius 3 is 2.35 bits per heavy atom. The predicted molar refractivity (Wildman–Crippen MR) is 142 cm³/mol. The van der Waals surface area contributed by atoms with E-state index in [1.54, 1.807) is 18.3 Å². The van der Waals surface area contributed by atoms with Gasteiger partial charge in [-0.2, -0.15) is 0 Å². The molecule has 1 heterocycles. The lowest BCUT2D eigenvalue weighted by molar-refractivity contribution is 0.434. The molecule has 3 N–H and O–H groups in total. The number of benzene rings is 3. The largest absolute Gasteiger partial charge is 0.362 e. The van der Waals surface area contributed by atoms with E-state index in [-0.39, 0.29) is 11.2 Å². The first-order chi connectivity index (χ1) is 16.6. The Hall–Kier alpha value is -3.51. The molecule has 3 aromatic carbocycles. The number of hydrogen-bond donors (Lipinski definition) is 3. The molecule has 0 saturated heterocycles. The van der Waals surface area contributed by atoms with Crippen LogP contribution < -0.4 is 16.0 Å². The van der Waals surface area contributed by atoms with Gasteiger partial charge in [-0.05, 0) is 77.8 Å². The fraction of sp³-hybridized carbons (Fsp3) is 0.214. The molecule has 172 valence electrons. The first-order valence-electron chi connectivity index (χ1n) is 11.6. The van der Waals surface area contributed by atoms with Crippen LogP contribution in [0.25, 0.3) is 10.8 Å². The smallest absolute Gasteiger partial charge is 0.170 e. The highest BCUT2D eigenvalue weighted by Crippen LogP contribution is 2.40. The molecule has 0 aliphatic heterocycles. The van der Waals surface area contributed by atoms with E-state index in [0.29, 0.717) is 5.11 Å². The van der Waals surface area contributed by atoms with Gasteiger partial charge in [0.25, 0.3) is 0 Å². The van der Waals surface area contributed by atoms with Gasteiger partial charge in [-0.25, -0.2) is 9.37 Å². The highest BCUT2D eigenvalue weighted by atomic mass is 32.1. The maximum absolute atomic E-state index is 13.4. The first-order valence-corrected chi connectivity index (χ1v) is 12.0. The van der Waals surface area contributed by atoms with Crippen LogP contribution in [0.1, 0.15) is 31.2 Å². The van der Waals surface area contributed by atoms with E-state index < -0.39 is 0 Å². The number of rotatable bonds is 6. The van der Waals surface area contributed by atoms with Gasteiger partial charge in [-0.3, -0.25) is 0 Å². The first kappa shape index (κ1) is 22.3. The lowest BCUT2D eigenvalue weighted by Crippen LogP contribution is -2.40. The van der Waals surface area contributed by atoms with Gasteiger partial charge in [0.05, 0.1) is 11.9 Å². The molecule has 0 bridgehead atoms. The zero-order valence-electron chi connectivity index (χ0n) is 18.9. The molecule has 4 nitrogen and oxygen atoms in total. The highest BCUT2D eigenvalue weighted by Gasteiger charge is 2.35. The molecule has 5 rings (SSSR count). The van der Waals surface area contributed by atoms with Crippen molar-refractivity contribution in [1.82, 2.24) is 10.3 Å². The monoisotopic (exact) mass is 470 g/mol. The third-order valence-electron chi connectivity index (χ3n) is 6.65. The molecule has 1 aromatic heterocycles. The number of nitrogens with zero attached hydrogens (tertiary/aromatic N) is 1. The molecule has 0 atom stereocenters. The van der Waals surface area contributed by atoms with Crippen molar-refractivity contribution in [3.63, 3.8) is 0 Å². The SMILES string of the molecule is Fc1ccc(C2(CNC(=S)Nc3ccc(Nc4ccc5ccccc5c4)nc3)CCCC2)cc1. The molecule has 6 heteroatoms. The Morgan fingerprint density at radius 1 is 0.882 bits per heavy atom. The van der Waals surface area contributed by atoms with Gasteiger partial charge < -0.3 is 16.0 Å². The third-order valence-corrected chi connectivity index (χ3v) is 6.89. The minimum absolute atomic E-state index is 0.00861. The molecule has 0 spiro atoms. The number of fused-ring (bicyclic) bond motifs is 1. The molecular formula is C28H27FN4S. The molecule has 1 aliphatic rings. The van der Waals surface area contributed by atoms with Crippen molar-refractivity contribution < 1.29 is 4.39 Å². The lowest BCUT2D eigenvalue weighted by atomic mass is 9.79. The quantitative estimate of drug-likeness (QED) is 0.267. The van der Waals surface area contributed by atoms with Gasteiger partial charge in [0.2, 0.25) is 0 Å². The molecular weight excluding hydrogens is 443 g/mol. The molecule has 34 heavy (non-hydrogen) atoms. The number of pyridine rings is 1. The standard InChI is InChI=1S/C28H27FN4S/c29-23-10-8-22(9-11-23)28(15-3-4-16-28)19-31-27(34)33-25-13-14-26(30-18-25)32-24-12-7-20-5-1-2-6-21(20)17-24/h1-2,5-14,17-18H,3-4,15-16,19H2,(H,30,32)(H2,31,33,34). The van der Waals surface area contributed by atoms with Crippen LogP contribution in [0.15, 0.2) is 85.1 Å². The van der Waals surface area contributed by atoms with Crippen LogP contribution >= 0.6 is 12.2 Å². The second kappa shape index (κ2) is 9.77. The van der Waals surface area contributed by atoms with Crippen molar-refractivity contribution >= 4 is 45.3 Å². The normalized spacial score (nSPS) is 14.6. The van der Waals surface area contributed by atoms with E-state index in [2.05, 4.69) is 51.3 Å². The number of thiocarbonyl (C=S) groups is 1. The number of nitrogens with one attached hydrogen (secondary N) is 3. The molecule has 0 radical (unpaired) electrons. The van der Waals surface area contributed by atoms with Crippen LogP contribution in [0.4, 0.5) is 21.6 Å².